The summed E-state index contributed by atoms with van der Waals surface area (Å²) in [6.45, 7) is 6.45. The van der Waals surface area contributed by atoms with Crippen LogP contribution in [-0.4, -0.2) is 11.5 Å². The predicted molar refractivity (Wildman–Crippen MR) is 82.1 cm³/mol. The lowest BCUT2D eigenvalue weighted by Gasteiger charge is -2.15. The first kappa shape index (κ1) is 15.2. The molecule has 2 N–H and O–H groups in total. The third-order valence-corrected chi connectivity index (χ3v) is 3.11. The first-order chi connectivity index (χ1) is 10.0. The van der Waals surface area contributed by atoms with E-state index in [1.165, 1.54) is 0 Å². The zero-order valence-electron chi connectivity index (χ0n) is 12.4. The molecule has 3 nitrogen and oxygen atoms in total. The van der Waals surface area contributed by atoms with E-state index in [4.69, 9.17) is 0 Å². The minimum absolute atomic E-state index is 0.0143. The molecular weight excluding hydrogens is 272 g/mol. The van der Waals surface area contributed by atoms with Crippen LogP contribution in [0.15, 0.2) is 30.3 Å². The Morgan fingerprint density at radius 3 is 2.43 bits per heavy atom. The van der Waals surface area contributed by atoms with Crippen LogP contribution in [0.25, 0.3) is 0 Å². The fourth-order valence-electron chi connectivity index (χ4n) is 2.09. The Labute approximate surface area is 123 Å². The molecule has 0 radical (unpaired) electrons. The Morgan fingerprint density at radius 2 is 1.76 bits per heavy atom. The van der Waals surface area contributed by atoms with Gasteiger partial charge in [-0.3, -0.25) is 0 Å². The van der Waals surface area contributed by atoms with Gasteiger partial charge < -0.3 is 10.6 Å². The Hall–Kier alpha value is -2.17. The smallest absolute Gasteiger partial charge is 0.169 e. The van der Waals surface area contributed by atoms with Crippen LogP contribution in [0.5, 0.6) is 0 Å². The summed E-state index contributed by atoms with van der Waals surface area (Å²) in [5, 5.41) is 5.73. The highest BCUT2D eigenvalue weighted by Crippen LogP contribution is 2.28. The molecule has 0 saturated heterocycles. The molecule has 1 aromatic carbocycles. The molecule has 5 heteroatoms. The molecule has 0 saturated carbocycles. The van der Waals surface area contributed by atoms with Crippen LogP contribution in [0.1, 0.15) is 32.3 Å². The average Bonchev–Trinajstić information content (AvgIpc) is 2.44. The molecule has 0 aliphatic carbocycles. The third kappa shape index (κ3) is 3.48. The minimum Gasteiger partial charge on any atom is -0.368 e. The summed E-state index contributed by atoms with van der Waals surface area (Å²) in [6.07, 6.45) is 0. The molecule has 1 heterocycles. The number of pyridine rings is 1. The van der Waals surface area contributed by atoms with Crippen molar-refractivity contribution in [1.82, 2.24) is 4.98 Å². The van der Waals surface area contributed by atoms with Crippen molar-refractivity contribution >= 4 is 17.3 Å². The minimum atomic E-state index is -0.715. The molecule has 0 bridgehead atoms. The number of nitrogens with one attached hydrogen (secondary N) is 2. The van der Waals surface area contributed by atoms with Gasteiger partial charge >= 0.3 is 0 Å². The number of rotatable bonds is 5. The number of benzene rings is 1. The van der Waals surface area contributed by atoms with E-state index in [1.807, 2.05) is 31.2 Å². The molecule has 0 atom stereocenters. The van der Waals surface area contributed by atoms with Gasteiger partial charge in [0.05, 0.1) is 0 Å². The van der Waals surface area contributed by atoms with Gasteiger partial charge in [-0.2, -0.15) is 0 Å². The fraction of sp³-hybridized carbons (Fsp3) is 0.312. The monoisotopic (exact) mass is 291 g/mol. The Bertz CT molecular complexity index is 627. The molecule has 21 heavy (non-hydrogen) atoms. The predicted octanol–water partition coefficient (Wildman–Crippen LogP) is 4.66. The quantitative estimate of drug-likeness (QED) is 0.841. The largest absolute Gasteiger partial charge is 0.368 e. The molecule has 0 aliphatic heterocycles. The molecule has 0 amide bonds. The van der Waals surface area contributed by atoms with Gasteiger partial charge in [-0.05, 0) is 24.5 Å². The average molecular weight is 291 g/mol. The number of hydrogen-bond acceptors (Lipinski definition) is 3. The second-order valence-corrected chi connectivity index (χ2v) is 5.05. The Balaban J connectivity index is 2.38. The second-order valence-electron chi connectivity index (χ2n) is 5.05. The number of anilines is 3. The highest BCUT2D eigenvalue weighted by atomic mass is 19.1. The van der Waals surface area contributed by atoms with E-state index in [0.717, 1.165) is 17.3 Å². The lowest BCUT2D eigenvalue weighted by molar-refractivity contribution is 0.579. The van der Waals surface area contributed by atoms with Crippen LogP contribution in [-0.2, 0) is 0 Å². The molecule has 0 unspecified atom stereocenters. The van der Waals surface area contributed by atoms with Crippen molar-refractivity contribution < 1.29 is 8.78 Å². The van der Waals surface area contributed by atoms with Crippen LogP contribution < -0.4 is 10.6 Å². The maximum absolute atomic E-state index is 13.9. The van der Waals surface area contributed by atoms with Crippen molar-refractivity contribution in [3.05, 3.63) is 47.5 Å². The summed E-state index contributed by atoms with van der Waals surface area (Å²) >= 11 is 0. The van der Waals surface area contributed by atoms with Gasteiger partial charge in [0.25, 0.3) is 0 Å². The zero-order chi connectivity index (χ0) is 15.4. The summed E-state index contributed by atoms with van der Waals surface area (Å²) in [6, 6.07) is 8.46. The number of nitrogens with zero attached hydrogens (tertiary/aromatic N) is 1. The van der Waals surface area contributed by atoms with E-state index < -0.39 is 11.6 Å². The van der Waals surface area contributed by atoms with Crippen molar-refractivity contribution in [2.45, 2.75) is 26.7 Å². The van der Waals surface area contributed by atoms with Gasteiger partial charge in [-0.15, -0.1) is 0 Å². The lowest BCUT2D eigenvalue weighted by Crippen LogP contribution is -2.07. The number of hydrogen-bond donors (Lipinski definition) is 2. The maximum Gasteiger partial charge on any atom is 0.169 e. The molecule has 0 aliphatic rings. The highest BCUT2D eigenvalue weighted by Gasteiger charge is 2.13. The number of halogens is 2. The Kier molecular flexibility index (Phi) is 4.73. The SMILES string of the molecule is CCNc1nc(Nc2ccccc2C(C)C)c(F)cc1F. The maximum atomic E-state index is 13.9. The number of aromatic nitrogens is 1. The molecule has 112 valence electrons. The number of para-hydroxylation sites is 1. The summed E-state index contributed by atoms with van der Waals surface area (Å²) < 4.78 is 27.5. The van der Waals surface area contributed by atoms with Crippen molar-refractivity contribution in [3.63, 3.8) is 0 Å². The fourth-order valence-corrected chi connectivity index (χ4v) is 2.09. The van der Waals surface area contributed by atoms with Gasteiger partial charge in [0.1, 0.15) is 0 Å². The standard InChI is InChI=1S/C16H19F2N3/c1-4-19-15-12(17)9-13(18)16(21-15)20-14-8-6-5-7-11(14)10(2)3/h5-10H,4H2,1-3H3,(H2,19,20,21). The molecule has 2 aromatic rings. The van der Waals surface area contributed by atoms with Crippen LogP contribution >= 0.6 is 0 Å². The molecule has 2 rings (SSSR count). The lowest BCUT2D eigenvalue weighted by atomic mass is 10.0. The second kappa shape index (κ2) is 6.52. The summed E-state index contributed by atoms with van der Waals surface area (Å²) in [4.78, 5) is 3.99. The molecule has 1 aromatic heterocycles. The van der Waals surface area contributed by atoms with Gasteiger partial charge in [0.2, 0.25) is 0 Å². The van der Waals surface area contributed by atoms with E-state index in [-0.39, 0.29) is 17.6 Å². The van der Waals surface area contributed by atoms with Crippen molar-refractivity contribution in [1.29, 1.82) is 0 Å². The molecule has 0 fully saturated rings. The van der Waals surface area contributed by atoms with E-state index >= 15 is 0 Å². The summed E-state index contributed by atoms with van der Waals surface area (Å²) in [5.74, 6) is -1.07. The van der Waals surface area contributed by atoms with Gasteiger partial charge in [-0.1, -0.05) is 32.0 Å². The van der Waals surface area contributed by atoms with Crippen molar-refractivity contribution in [2.24, 2.45) is 0 Å². The highest BCUT2D eigenvalue weighted by molar-refractivity contribution is 5.63. The first-order valence-electron chi connectivity index (χ1n) is 6.98. The van der Waals surface area contributed by atoms with Crippen LogP contribution in [0.2, 0.25) is 0 Å². The first-order valence-corrected chi connectivity index (χ1v) is 6.98. The molecular formula is C16H19F2N3. The van der Waals surface area contributed by atoms with Gasteiger partial charge in [-0.25, -0.2) is 13.8 Å². The van der Waals surface area contributed by atoms with E-state index in [1.54, 1.807) is 0 Å². The van der Waals surface area contributed by atoms with E-state index in [9.17, 15) is 8.78 Å². The third-order valence-electron chi connectivity index (χ3n) is 3.11. The normalized spacial score (nSPS) is 10.8. The Morgan fingerprint density at radius 1 is 1.10 bits per heavy atom. The summed E-state index contributed by atoms with van der Waals surface area (Å²) in [5.41, 5.74) is 1.82. The molecule has 0 spiro atoms. The van der Waals surface area contributed by atoms with E-state index in [2.05, 4.69) is 29.5 Å². The summed E-state index contributed by atoms with van der Waals surface area (Å²) in [7, 11) is 0. The van der Waals surface area contributed by atoms with Crippen molar-refractivity contribution in [2.75, 3.05) is 17.2 Å². The van der Waals surface area contributed by atoms with Gasteiger partial charge in [0.15, 0.2) is 23.3 Å². The van der Waals surface area contributed by atoms with Crippen molar-refractivity contribution in [3.8, 4) is 0 Å². The van der Waals surface area contributed by atoms with E-state index in [0.29, 0.717) is 6.54 Å². The van der Waals surface area contributed by atoms with Crippen LogP contribution in [0, 0.1) is 11.6 Å². The van der Waals surface area contributed by atoms with Gasteiger partial charge in [0, 0.05) is 18.3 Å². The van der Waals surface area contributed by atoms with Crippen LogP contribution in [0.3, 0.4) is 0 Å². The van der Waals surface area contributed by atoms with Crippen LogP contribution in [0.4, 0.5) is 26.1 Å². The topological polar surface area (TPSA) is 37.0 Å². The zero-order valence-corrected chi connectivity index (χ0v) is 12.4.